The van der Waals surface area contributed by atoms with Gasteiger partial charge in [0.2, 0.25) is 0 Å². The van der Waals surface area contributed by atoms with E-state index in [0.29, 0.717) is 24.7 Å². The third-order valence-corrected chi connectivity index (χ3v) is 3.82. The van der Waals surface area contributed by atoms with Gasteiger partial charge in [-0.15, -0.1) is 0 Å². The lowest BCUT2D eigenvalue weighted by molar-refractivity contribution is -0.0307. The summed E-state index contributed by atoms with van der Waals surface area (Å²) in [5.74, 6) is 0.315. The molecule has 0 aliphatic carbocycles. The zero-order chi connectivity index (χ0) is 17.3. The molecule has 2 N–H and O–H groups in total. The van der Waals surface area contributed by atoms with E-state index in [9.17, 15) is 10.2 Å². The highest BCUT2D eigenvalue weighted by molar-refractivity contribution is 5.32. The second-order valence-electron chi connectivity index (χ2n) is 5.94. The van der Waals surface area contributed by atoms with Crippen LogP contribution in [0.1, 0.15) is 0 Å². The zero-order valence-electron chi connectivity index (χ0n) is 13.3. The molecule has 2 fully saturated rings. The number of aromatic hydroxyl groups is 2. The quantitative estimate of drug-likeness (QED) is 0.706. The van der Waals surface area contributed by atoms with Crippen molar-refractivity contribution in [2.45, 2.75) is 18.2 Å². The molecule has 7 heteroatoms. The van der Waals surface area contributed by atoms with Crippen LogP contribution >= 0.6 is 0 Å². The van der Waals surface area contributed by atoms with E-state index >= 15 is 0 Å². The number of phenols is 2. The van der Waals surface area contributed by atoms with Crippen LogP contribution in [0.2, 0.25) is 0 Å². The van der Waals surface area contributed by atoms with Gasteiger partial charge in [0.1, 0.15) is 35.7 Å². The second-order valence-corrected chi connectivity index (χ2v) is 5.94. The standard InChI is InChI=1S/C18H18O7/c19-12-1-5-14(6-2-12)23-17-18(25-17,11-21-9-16-10-22-16)24-15-7-3-13(20)4-8-15/h1-8,16-17,19-20H,9-11H2. The van der Waals surface area contributed by atoms with Crippen LogP contribution in [-0.4, -0.2) is 48.2 Å². The molecule has 2 aromatic carbocycles. The average Bonchev–Trinajstić information content (AvgIpc) is 3.51. The molecule has 0 bridgehead atoms. The second kappa shape index (κ2) is 6.44. The number of ether oxygens (including phenoxy) is 5. The highest BCUT2D eigenvalue weighted by atomic mass is 16.9. The van der Waals surface area contributed by atoms with Crippen LogP contribution in [0.15, 0.2) is 48.5 Å². The molecule has 0 amide bonds. The molecule has 7 nitrogen and oxygen atoms in total. The molecule has 2 aromatic rings. The van der Waals surface area contributed by atoms with Crippen molar-refractivity contribution in [1.29, 1.82) is 0 Å². The smallest absolute Gasteiger partial charge is 0.300 e. The monoisotopic (exact) mass is 346 g/mol. The summed E-state index contributed by atoms with van der Waals surface area (Å²) in [6, 6.07) is 12.7. The van der Waals surface area contributed by atoms with E-state index in [-0.39, 0.29) is 24.2 Å². The summed E-state index contributed by atoms with van der Waals surface area (Å²) in [5, 5.41) is 18.7. The third kappa shape index (κ3) is 3.96. The number of phenolic OH excluding ortho intramolecular Hbond substituents is 2. The molecule has 132 valence electrons. The van der Waals surface area contributed by atoms with Gasteiger partial charge >= 0.3 is 5.79 Å². The summed E-state index contributed by atoms with van der Waals surface area (Å²) in [4.78, 5) is 0. The van der Waals surface area contributed by atoms with Crippen LogP contribution in [0.3, 0.4) is 0 Å². The van der Waals surface area contributed by atoms with E-state index < -0.39 is 12.1 Å². The van der Waals surface area contributed by atoms with Gasteiger partial charge in [0.15, 0.2) is 0 Å². The summed E-state index contributed by atoms with van der Waals surface area (Å²) >= 11 is 0. The van der Waals surface area contributed by atoms with Crippen molar-refractivity contribution < 1.29 is 33.9 Å². The van der Waals surface area contributed by atoms with Crippen LogP contribution in [0.4, 0.5) is 0 Å². The van der Waals surface area contributed by atoms with Crippen molar-refractivity contribution in [2.24, 2.45) is 0 Å². The molecule has 2 aliphatic heterocycles. The summed E-state index contributed by atoms with van der Waals surface area (Å²) in [6.07, 6.45) is -0.507. The Kier molecular flexibility index (Phi) is 4.12. The first kappa shape index (κ1) is 16.0. The lowest BCUT2D eigenvalue weighted by Gasteiger charge is -2.16. The number of rotatable bonds is 8. The molecule has 0 radical (unpaired) electrons. The molecule has 2 heterocycles. The van der Waals surface area contributed by atoms with Crippen molar-refractivity contribution in [3.8, 4) is 23.0 Å². The fourth-order valence-corrected chi connectivity index (χ4v) is 2.32. The van der Waals surface area contributed by atoms with Crippen LogP contribution in [-0.2, 0) is 14.2 Å². The maximum absolute atomic E-state index is 9.38. The van der Waals surface area contributed by atoms with Crippen LogP contribution < -0.4 is 9.47 Å². The predicted octanol–water partition coefficient (Wildman–Crippen LogP) is 2.02. The highest BCUT2D eigenvalue weighted by Crippen LogP contribution is 2.41. The van der Waals surface area contributed by atoms with E-state index in [1.54, 1.807) is 24.3 Å². The van der Waals surface area contributed by atoms with Crippen LogP contribution in [0, 0.1) is 0 Å². The van der Waals surface area contributed by atoms with Gasteiger partial charge in [-0.2, -0.15) is 0 Å². The van der Waals surface area contributed by atoms with E-state index in [4.69, 9.17) is 23.7 Å². The van der Waals surface area contributed by atoms with Gasteiger partial charge in [-0.1, -0.05) is 0 Å². The van der Waals surface area contributed by atoms with Gasteiger partial charge in [0, 0.05) is 0 Å². The molecular formula is C18H18O7. The summed E-state index contributed by atoms with van der Waals surface area (Å²) in [7, 11) is 0. The van der Waals surface area contributed by atoms with Gasteiger partial charge in [-0.05, 0) is 48.5 Å². The molecule has 25 heavy (non-hydrogen) atoms. The summed E-state index contributed by atoms with van der Waals surface area (Å²) in [6.45, 7) is 1.35. The maximum Gasteiger partial charge on any atom is 0.300 e. The van der Waals surface area contributed by atoms with Gasteiger partial charge in [-0.3, -0.25) is 4.74 Å². The van der Waals surface area contributed by atoms with E-state index in [2.05, 4.69) is 0 Å². The Balaban J connectivity index is 1.42. The molecule has 0 aromatic heterocycles. The normalized spacial score (nSPS) is 26.9. The summed E-state index contributed by atoms with van der Waals surface area (Å²) < 4.78 is 28.0. The Hall–Kier alpha value is -2.48. The molecule has 3 unspecified atom stereocenters. The van der Waals surface area contributed by atoms with Crippen molar-refractivity contribution in [1.82, 2.24) is 0 Å². The van der Waals surface area contributed by atoms with E-state index in [0.717, 1.165) is 0 Å². The molecule has 3 atom stereocenters. The van der Waals surface area contributed by atoms with Crippen molar-refractivity contribution in [3.05, 3.63) is 48.5 Å². The third-order valence-electron chi connectivity index (χ3n) is 3.82. The van der Waals surface area contributed by atoms with Crippen LogP contribution in [0.5, 0.6) is 23.0 Å². The number of benzene rings is 2. The van der Waals surface area contributed by atoms with Crippen LogP contribution in [0.25, 0.3) is 0 Å². The Morgan fingerprint density at radius 1 is 0.960 bits per heavy atom. The minimum Gasteiger partial charge on any atom is -0.508 e. The molecule has 2 aliphatic rings. The molecule has 0 saturated carbocycles. The Bertz CT molecular complexity index is 711. The van der Waals surface area contributed by atoms with Crippen molar-refractivity contribution in [3.63, 3.8) is 0 Å². The van der Waals surface area contributed by atoms with Gasteiger partial charge in [-0.25, -0.2) is 0 Å². The Labute approximate surface area is 144 Å². The topological polar surface area (TPSA) is 93.2 Å². The fourth-order valence-electron chi connectivity index (χ4n) is 2.32. The first-order valence-corrected chi connectivity index (χ1v) is 7.94. The van der Waals surface area contributed by atoms with Gasteiger partial charge in [0.05, 0.1) is 13.2 Å². The number of hydrogen-bond donors (Lipinski definition) is 2. The Morgan fingerprint density at radius 2 is 1.56 bits per heavy atom. The summed E-state index contributed by atoms with van der Waals surface area (Å²) in [5.41, 5.74) is 0. The molecular weight excluding hydrogens is 328 g/mol. The lowest BCUT2D eigenvalue weighted by atomic mass is 10.3. The molecule has 4 rings (SSSR count). The SMILES string of the molecule is Oc1ccc(OC2OC2(COCC2CO2)Oc2ccc(O)cc2)cc1. The minimum absolute atomic E-state index is 0.140. The highest BCUT2D eigenvalue weighted by Gasteiger charge is 2.63. The molecule has 0 spiro atoms. The van der Waals surface area contributed by atoms with Crippen molar-refractivity contribution >= 4 is 0 Å². The van der Waals surface area contributed by atoms with Crippen molar-refractivity contribution in [2.75, 3.05) is 19.8 Å². The largest absolute Gasteiger partial charge is 0.508 e. The fraction of sp³-hybridized carbons (Fsp3) is 0.333. The zero-order valence-corrected chi connectivity index (χ0v) is 13.3. The molecule has 2 saturated heterocycles. The minimum atomic E-state index is -1.07. The van der Waals surface area contributed by atoms with E-state index in [1.165, 1.54) is 24.3 Å². The number of hydrogen-bond acceptors (Lipinski definition) is 7. The van der Waals surface area contributed by atoms with Gasteiger partial charge in [0.25, 0.3) is 6.29 Å². The first-order valence-electron chi connectivity index (χ1n) is 7.94. The Morgan fingerprint density at radius 3 is 2.16 bits per heavy atom. The van der Waals surface area contributed by atoms with E-state index in [1.807, 2.05) is 0 Å². The number of epoxide rings is 2. The average molecular weight is 346 g/mol. The first-order chi connectivity index (χ1) is 12.1. The maximum atomic E-state index is 9.38. The predicted molar refractivity (Wildman–Crippen MR) is 85.6 cm³/mol. The lowest BCUT2D eigenvalue weighted by Crippen LogP contribution is -2.32. The van der Waals surface area contributed by atoms with Gasteiger partial charge < -0.3 is 29.2 Å².